The first-order valence-corrected chi connectivity index (χ1v) is 5.83. The molecule has 0 saturated carbocycles. The maximum absolute atomic E-state index is 11.5. The van der Waals surface area contributed by atoms with E-state index in [1.165, 1.54) is 24.3 Å². The summed E-state index contributed by atoms with van der Waals surface area (Å²) in [7, 11) is 0. The quantitative estimate of drug-likeness (QED) is 0.666. The van der Waals surface area contributed by atoms with Gasteiger partial charge in [-0.2, -0.15) is 0 Å². The molecule has 0 saturated heterocycles. The molecule has 1 atom stereocenters. The van der Waals surface area contributed by atoms with Crippen LogP contribution in [0.5, 0.6) is 5.75 Å². The second kappa shape index (κ2) is 5.83. The summed E-state index contributed by atoms with van der Waals surface area (Å²) in [5.74, 6) is -0.449. The molecular weight excluding hydrogens is 260 g/mol. The van der Waals surface area contributed by atoms with Crippen LogP contribution in [0.2, 0.25) is 0 Å². The number of nitro groups is 1. The van der Waals surface area contributed by atoms with E-state index in [9.17, 15) is 14.9 Å². The zero-order valence-corrected chi connectivity index (χ0v) is 10.4. The predicted molar refractivity (Wildman–Crippen MR) is 72.1 cm³/mol. The lowest BCUT2D eigenvalue weighted by Gasteiger charge is -2.16. The van der Waals surface area contributed by atoms with Crippen LogP contribution in [-0.4, -0.2) is 10.8 Å². The molecule has 1 amide bonds. The first-order valence-electron chi connectivity index (χ1n) is 5.83. The number of carbonyl (C=O) groups excluding carboxylic acids is 1. The molecule has 0 heterocycles. The first kappa shape index (κ1) is 13.5. The number of nitrogens with two attached hydrogens (primary N) is 1. The van der Waals surface area contributed by atoms with Crippen molar-refractivity contribution in [3.8, 4) is 5.75 Å². The Morgan fingerprint density at radius 3 is 2.45 bits per heavy atom. The Balaban J connectivity index is 2.27. The highest BCUT2D eigenvalue weighted by Gasteiger charge is 2.20. The Kier molecular flexibility index (Phi) is 3.95. The van der Waals surface area contributed by atoms with E-state index in [2.05, 4.69) is 0 Å². The number of carbonyl (C=O) groups is 1. The van der Waals surface area contributed by atoms with Crippen molar-refractivity contribution in [1.82, 2.24) is 0 Å². The SMILES string of the molecule is NC(=O)[C@@H](Oc1cccc([N+](=O)[O-])c1)c1ccccc1. The van der Waals surface area contributed by atoms with Gasteiger partial charge in [-0.3, -0.25) is 14.9 Å². The summed E-state index contributed by atoms with van der Waals surface area (Å²) < 4.78 is 5.47. The lowest BCUT2D eigenvalue weighted by atomic mass is 10.1. The number of rotatable bonds is 5. The van der Waals surface area contributed by atoms with Gasteiger partial charge in [0.05, 0.1) is 11.0 Å². The van der Waals surface area contributed by atoms with Crippen molar-refractivity contribution in [2.24, 2.45) is 5.73 Å². The van der Waals surface area contributed by atoms with Gasteiger partial charge in [-0.1, -0.05) is 36.4 Å². The van der Waals surface area contributed by atoms with Crippen LogP contribution in [-0.2, 0) is 4.79 Å². The minimum atomic E-state index is -0.988. The Morgan fingerprint density at radius 1 is 1.15 bits per heavy atom. The fourth-order valence-corrected chi connectivity index (χ4v) is 1.72. The van der Waals surface area contributed by atoms with Crippen LogP contribution < -0.4 is 10.5 Å². The molecule has 2 aromatic carbocycles. The molecular formula is C14H12N2O4. The third kappa shape index (κ3) is 3.11. The van der Waals surface area contributed by atoms with Gasteiger partial charge in [0.2, 0.25) is 6.10 Å². The fourth-order valence-electron chi connectivity index (χ4n) is 1.72. The van der Waals surface area contributed by atoms with E-state index in [4.69, 9.17) is 10.5 Å². The normalized spacial score (nSPS) is 11.6. The zero-order chi connectivity index (χ0) is 14.5. The highest BCUT2D eigenvalue weighted by atomic mass is 16.6. The standard InChI is InChI=1S/C14H12N2O4/c15-14(17)13(10-5-2-1-3-6-10)20-12-8-4-7-11(9-12)16(18)19/h1-9,13H,(H2,15,17)/t13-/m0/s1. The predicted octanol–water partition coefficient (Wildman–Crippen LogP) is 2.20. The van der Waals surface area contributed by atoms with Gasteiger partial charge in [0.25, 0.3) is 11.6 Å². The van der Waals surface area contributed by atoms with Crippen LogP contribution in [0.3, 0.4) is 0 Å². The van der Waals surface area contributed by atoms with Crippen LogP contribution >= 0.6 is 0 Å². The molecule has 0 aliphatic heterocycles. The van der Waals surface area contributed by atoms with Crippen molar-refractivity contribution in [2.75, 3.05) is 0 Å². The van der Waals surface area contributed by atoms with E-state index < -0.39 is 16.9 Å². The van der Waals surface area contributed by atoms with Crippen molar-refractivity contribution in [1.29, 1.82) is 0 Å². The second-order valence-electron chi connectivity index (χ2n) is 4.07. The number of amides is 1. The van der Waals surface area contributed by atoms with E-state index in [0.29, 0.717) is 5.56 Å². The molecule has 2 aromatic rings. The van der Waals surface area contributed by atoms with Gasteiger partial charge < -0.3 is 10.5 Å². The number of non-ortho nitro benzene ring substituents is 1. The molecule has 0 spiro atoms. The van der Waals surface area contributed by atoms with Gasteiger partial charge in [0, 0.05) is 11.6 Å². The molecule has 0 unspecified atom stereocenters. The number of benzene rings is 2. The fraction of sp³-hybridized carbons (Fsp3) is 0.0714. The topological polar surface area (TPSA) is 95.5 Å². The first-order chi connectivity index (χ1) is 9.58. The van der Waals surface area contributed by atoms with Crippen LogP contribution in [0.25, 0.3) is 0 Å². The highest BCUT2D eigenvalue weighted by molar-refractivity contribution is 5.80. The molecule has 0 aliphatic rings. The number of ether oxygens (including phenoxy) is 1. The summed E-state index contributed by atoms with van der Waals surface area (Å²) >= 11 is 0. The molecule has 6 heteroatoms. The average Bonchev–Trinajstić information content (AvgIpc) is 2.45. The highest BCUT2D eigenvalue weighted by Crippen LogP contribution is 2.25. The Morgan fingerprint density at radius 2 is 1.85 bits per heavy atom. The van der Waals surface area contributed by atoms with E-state index in [-0.39, 0.29) is 11.4 Å². The summed E-state index contributed by atoms with van der Waals surface area (Å²) in [5, 5.41) is 10.7. The molecule has 0 aromatic heterocycles. The third-order valence-electron chi connectivity index (χ3n) is 2.64. The number of hydrogen-bond acceptors (Lipinski definition) is 4. The van der Waals surface area contributed by atoms with Crippen LogP contribution in [0.1, 0.15) is 11.7 Å². The Labute approximate surface area is 114 Å². The van der Waals surface area contributed by atoms with E-state index >= 15 is 0 Å². The lowest BCUT2D eigenvalue weighted by molar-refractivity contribution is -0.384. The smallest absolute Gasteiger partial charge is 0.273 e. The largest absolute Gasteiger partial charge is 0.476 e. The molecule has 0 bridgehead atoms. The van der Waals surface area contributed by atoms with E-state index in [1.807, 2.05) is 0 Å². The number of hydrogen-bond donors (Lipinski definition) is 1. The molecule has 0 fully saturated rings. The van der Waals surface area contributed by atoms with Gasteiger partial charge in [0.1, 0.15) is 5.75 Å². The van der Waals surface area contributed by atoms with Crippen molar-refractivity contribution in [3.05, 3.63) is 70.3 Å². The summed E-state index contributed by atoms with van der Waals surface area (Å²) in [6.07, 6.45) is -0.988. The molecule has 0 radical (unpaired) electrons. The van der Waals surface area contributed by atoms with Crippen LogP contribution in [0.15, 0.2) is 54.6 Å². The maximum atomic E-state index is 11.5. The summed E-state index contributed by atoms with van der Waals surface area (Å²) in [4.78, 5) is 21.7. The van der Waals surface area contributed by atoms with Gasteiger partial charge in [-0.15, -0.1) is 0 Å². The minimum Gasteiger partial charge on any atom is -0.476 e. The van der Waals surface area contributed by atoms with Gasteiger partial charge >= 0.3 is 0 Å². The number of nitrogens with zero attached hydrogens (tertiary/aromatic N) is 1. The number of primary amides is 1. The molecule has 2 N–H and O–H groups in total. The summed E-state index contributed by atoms with van der Waals surface area (Å²) in [6, 6.07) is 14.3. The molecule has 0 aliphatic carbocycles. The maximum Gasteiger partial charge on any atom is 0.273 e. The number of nitro benzene ring substituents is 1. The van der Waals surface area contributed by atoms with Crippen molar-refractivity contribution in [2.45, 2.75) is 6.10 Å². The van der Waals surface area contributed by atoms with Gasteiger partial charge in [-0.05, 0) is 6.07 Å². The van der Waals surface area contributed by atoms with E-state index in [1.54, 1.807) is 30.3 Å². The van der Waals surface area contributed by atoms with Crippen molar-refractivity contribution in [3.63, 3.8) is 0 Å². The van der Waals surface area contributed by atoms with Crippen LogP contribution in [0, 0.1) is 10.1 Å². The second-order valence-corrected chi connectivity index (χ2v) is 4.07. The summed E-state index contributed by atoms with van der Waals surface area (Å²) in [6.45, 7) is 0. The molecule has 6 nitrogen and oxygen atoms in total. The average molecular weight is 272 g/mol. The van der Waals surface area contributed by atoms with Crippen LogP contribution in [0.4, 0.5) is 5.69 Å². The van der Waals surface area contributed by atoms with Crippen molar-refractivity contribution >= 4 is 11.6 Å². The molecule has 2 rings (SSSR count). The third-order valence-corrected chi connectivity index (χ3v) is 2.64. The minimum absolute atomic E-state index is 0.112. The van der Waals surface area contributed by atoms with E-state index in [0.717, 1.165) is 0 Å². The Hall–Kier alpha value is -2.89. The molecule has 102 valence electrons. The summed E-state index contributed by atoms with van der Waals surface area (Å²) in [5.41, 5.74) is 5.79. The van der Waals surface area contributed by atoms with Gasteiger partial charge in [-0.25, -0.2) is 0 Å². The molecule has 20 heavy (non-hydrogen) atoms. The van der Waals surface area contributed by atoms with Crippen molar-refractivity contribution < 1.29 is 14.5 Å². The Bertz CT molecular complexity index is 628. The lowest BCUT2D eigenvalue weighted by Crippen LogP contribution is -2.26. The monoisotopic (exact) mass is 272 g/mol. The van der Waals surface area contributed by atoms with Gasteiger partial charge in [0.15, 0.2) is 0 Å². The zero-order valence-electron chi connectivity index (χ0n) is 10.4.